The molecular weight excluding hydrogens is 248 g/mol. The van der Waals surface area contributed by atoms with Crippen LogP contribution in [-0.2, 0) is 4.79 Å². The molecule has 0 bridgehead atoms. The Hall–Kier alpha value is -2.13. The van der Waals surface area contributed by atoms with Crippen molar-refractivity contribution in [1.82, 2.24) is 10.2 Å². The molecule has 0 aliphatic carbocycles. The molecule has 1 amide bonds. The van der Waals surface area contributed by atoms with Crippen LogP contribution in [0.3, 0.4) is 0 Å². The topological polar surface area (TPSA) is 81.6 Å². The number of H-pyrrole nitrogens is 1. The molecule has 0 spiro atoms. The van der Waals surface area contributed by atoms with Crippen molar-refractivity contribution in [2.75, 3.05) is 5.32 Å². The zero-order chi connectivity index (χ0) is 12.7. The summed E-state index contributed by atoms with van der Waals surface area (Å²) in [6.45, 7) is 1.90. The maximum absolute atomic E-state index is 11.9. The van der Waals surface area contributed by atoms with Crippen LogP contribution in [0.25, 0.3) is 0 Å². The van der Waals surface area contributed by atoms with Crippen LogP contribution in [0, 0.1) is 24.2 Å². The van der Waals surface area contributed by atoms with Gasteiger partial charge < -0.3 is 5.32 Å². The van der Waals surface area contributed by atoms with Crippen molar-refractivity contribution >= 4 is 23.1 Å². The first-order valence-electron chi connectivity index (χ1n) is 5.51. The Morgan fingerprint density at radius 2 is 2.39 bits per heavy atom. The molecule has 0 saturated carbocycles. The van der Waals surface area contributed by atoms with Gasteiger partial charge in [0.2, 0.25) is 5.91 Å². The predicted octanol–water partition coefficient (Wildman–Crippen LogP) is 2.00. The minimum absolute atomic E-state index is 0.225. The summed E-state index contributed by atoms with van der Waals surface area (Å²) in [7, 11) is 0. The van der Waals surface area contributed by atoms with E-state index in [1.54, 1.807) is 11.3 Å². The quantitative estimate of drug-likeness (QED) is 0.820. The summed E-state index contributed by atoms with van der Waals surface area (Å²) in [4.78, 5) is 12.9. The molecule has 0 radical (unpaired) electrons. The van der Waals surface area contributed by atoms with Gasteiger partial charge in [-0.3, -0.25) is 9.89 Å². The SMILES string of the molecule is Cc1[nH]nc2c1C(c1cccs1)C(C#N)C(=O)N2. The number of carbonyl (C=O) groups is 1. The molecular formula is C12H10N4OS. The first-order valence-corrected chi connectivity index (χ1v) is 6.39. The van der Waals surface area contributed by atoms with Crippen LogP contribution >= 0.6 is 11.3 Å². The number of rotatable bonds is 1. The van der Waals surface area contributed by atoms with E-state index in [0.29, 0.717) is 5.82 Å². The number of hydrogen-bond donors (Lipinski definition) is 2. The average molecular weight is 258 g/mol. The maximum Gasteiger partial charge on any atom is 0.243 e. The predicted molar refractivity (Wildman–Crippen MR) is 67.2 cm³/mol. The van der Waals surface area contributed by atoms with Crippen LogP contribution in [0.4, 0.5) is 5.82 Å². The zero-order valence-corrected chi connectivity index (χ0v) is 10.4. The van der Waals surface area contributed by atoms with Gasteiger partial charge in [-0.15, -0.1) is 11.3 Å². The van der Waals surface area contributed by atoms with Crippen LogP contribution in [0.1, 0.15) is 22.1 Å². The van der Waals surface area contributed by atoms with Gasteiger partial charge in [0.15, 0.2) is 5.82 Å². The van der Waals surface area contributed by atoms with Crippen LogP contribution in [0.5, 0.6) is 0 Å². The van der Waals surface area contributed by atoms with Crippen LogP contribution in [0.15, 0.2) is 17.5 Å². The summed E-state index contributed by atoms with van der Waals surface area (Å²) in [5, 5.41) is 20.8. The Kier molecular flexibility index (Phi) is 2.42. The van der Waals surface area contributed by atoms with Gasteiger partial charge in [0.1, 0.15) is 5.92 Å². The standard InChI is InChI=1S/C12H10N4OS/c1-6-9-10(8-3-2-4-18-8)7(5-13)12(17)14-11(9)16-15-6/h2-4,7,10H,1H3,(H2,14,15,16,17). The Labute approximate surface area is 107 Å². The van der Waals surface area contributed by atoms with Crippen molar-refractivity contribution in [3.63, 3.8) is 0 Å². The molecule has 18 heavy (non-hydrogen) atoms. The number of aryl methyl sites for hydroxylation is 1. The Balaban J connectivity index is 2.21. The highest BCUT2D eigenvalue weighted by Crippen LogP contribution is 2.42. The fraction of sp³-hybridized carbons (Fsp3) is 0.250. The van der Waals surface area contributed by atoms with Gasteiger partial charge >= 0.3 is 0 Å². The second-order valence-electron chi connectivity index (χ2n) is 4.20. The molecule has 0 fully saturated rings. The second-order valence-corrected chi connectivity index (χ2v) is 5.18. The lowest BCUT2D eigenvalue weighted by Gasteiger charge is -2.25. The molecule has 3 heterocycles. The summed E-state index contributed by atoms with van der Waals surface area (Å²) < 4.78 is 0. The second kappa shape index (κ2) is 3.96. The number of thiophene rings is 1. The number of nitrogens with one attached hydrogen (secondary N) is 2. The maximum atomic E-state index is 11.9. The van der Waals surface area contributed by atoms with E-state index in [2.05, 4.69) is 21.6 Å². The monoisotopic (exact) mass is 258 g/mol. The van der Waals surface area contributed by atoms with Gasteiger partial charge in [0, 0.05) is 22.1 Å². The van der Waals surface area contributed by atoms with Gasteiger partial charge in [-0.25, -0.2) is 0 Å². The summed E-state index contributed by atoms with van der Waals surface area (Å²) in [6, 6.07) is 5.98. The summed E-state index contributed by atoms with van der Waals surface area (Å²) in [5.41, 5.74) is 1.81. The molecule has 6 heteroatoms. The Bertz CT molecular complexity index is 638. The molecule has 1 aliphatic heterocycles. The third kappa shape index (κ3) is 1.45. The van der Waals surface area contributed by atoms with E-state index in [-0.39, 0.29) is 11.8 Å². The molecule has 0 saturated heterocycles. The van der Waals surface area contributed by atoms with E-state index in [1.165, 1.54) is 0 Å². The first kappa shape index (κ1) is 11.0. The van der Waals surface area contributed by atoms with Crippen LogP contribution in [0.2, 0.25) is 0 Å². The highest BCUT2D eigenvalue weighted by Gasteiger charge is 2.40. The Morgan fingerprint density at radius 3 is 3.06 bits per heavy atom. The van der Waals surface area contributed by atoms with Crippen molar-refractivity contribution in [1.29, 1.82) is 5.26 Å². The minimum Gasteiger partial charge on any atom is -0.308 e. The number of aromatic amines is 1. The molecule has 5 nitrogen and oxygen atoms in total. The molecule has 2 N–H and O–H groups in total. The van der Waals surface area contributed by atoms with Crippen LogP contribution in [-0.4, -0.2) is 16.1 Å². The lowest BCUT2D eigenvalue weighted by atomic mass is 9.82. The van der Waals surface area contributed by atoms with Crippen molar-refractivity contribution in [2.45, 2.75) is 12.8 Å². The third-order valence-electron chi connectivity index (χ3n) is 3.15. The van der Waals surface area contributed by atoms with E-state index in [4.69, 9.17) is 0 Å². The van der Waals surface area contributed by atoms with Crippen LogP contribution < -0.4 is 5.32 Å². The third-order valence-corrected chi connectivity index (χ3v) is 4.11. The Morgan fingerprint density at radius 1 is 1.56 bits per heavy atom. The number of amides is 1. The van der Waals surface area contributed by atoms with E-state index < -0.39 is 5.92 Å². The molecule has 0 aromatic carbocycles. The minimum atomic E-state index is -0.701. The van der Waals surface area contributed by atoms with E-state index in [0.717, 1.165) is 16.1 Å². The first-order chi connectivity index (χ1) is 8.72. The molecule has 90 valence electrons. The fourth-order valence-electron chi connectivity index (χ4n) is 2.33. The molecule has 1 aliphatic rings. The van der Waals surface area contributed by atoms with E-state index in [9.17, 15) is 10.1 Å². The fourth-order valence-corrected chi connectivity index (χ4v) is 3.21. The van der Waals surface area contributed by atoms with Gasteiger partial charge in [-0.1, -0.05) is 6.07 Å². The van der Waals surface area contributed by atoms with Crippen molar-refractivity contribution < 1.29 is 4.79 Å². The summed E-state index contributed by atoms with van der Waals surface area (Å²) in [6.07, 6.45) is 0. The van der Waals surface area contributed by atoms with Gasteiger partial charge in [0.25, 0.3) is 0 Å². The van der Waals surface area contributed by atoms with Crippen molar-refractivity contribution in [3.8, 4) is 6.07 Å². The number of carbonyl (C=O) groups excluding carboxylic acids is 1. The summed E-state index contributed by atoms with van der Waals surface area (Å²) >= 11 is 1.55. The highest BCUT2D eigenvalue weighted by molar-refractivity contribution is 7.10. The lowest BCUT2D eigenvalue weighted by molar-refractivity contribution is -0.119. The molecule has 3 rings (SSSR count). The number of anilines is 1. The van der Waals surface area contributed by atoms with E-state index in [1.807, 2.05) is 24.4 Å². The van der Waals surface area contributed by atoms with Crippen molar-refractivity contribution in [3.05, 3.63) is 33.6 Å². The smallest absolute Gasteiger partial charge is 0.243 e. The van der Waals surface area contributed by atoms with Crippen molar-refractivity contribution in [2.24, 2.45) is 5.92 Å². The number of nitriles is 1. The molecule has 2 aromatic rings. The molecule has 2 atom stereocenters. The average Bonchev–Trinajstić information content (AvgIpc) is 2.98. The highest BCUT2D eigenvalue weighted by atomic mass is 32.1. The number of nitrogens with zero attached hydrogens (tertiary/aromatic N) is 2. The molecule has 2 aromatic heterocycles. The molecule has 2 unspecified atom stereocenters. The number of aromatic nitrogens is 2. The lowest BCUT2D eigenvalue weighted by Crippen LogP contribution is -2.32. The van der Waals surface area contributed by atoms with Gasteiger partial charge in [0.05, 0.1) is 6.07 Å². The largest absolute Gasteiger partial charge is 0.308 e. The zero-order valence-electron chi connectivity index (χ0n) is 9.60. The van der Waals surface area contributed by atoms with Gasteiger partial charge in [-0.2, -0.15) is 10.4 Å². The summed E-state index contributed by atoms with van der Waals surface area (Å²) in [5.74, 6) is -0.665. The van der Waals surface area contributed by atoms with Gasteiger partial charge in [-0.05, 0) is 18.4 Å². The normalized spacial score (nSPS) is 22.1. The number of hydrogen-bond acceptors (Lipinski definition) is 4. The van der Waals surface area contributed by atoms with E-state index >= 15 is 0 Å². The number of fused-ring (bicyclic) bond motifs is 1.